The van der Waals surface area contributed by atoms with Gasteiger partial charge in [-0.05, 0) is 42.8 Å². The molecule has 0 radical (unpaired) electrons. The molecule has 0 atom stereocenters. The third-order valence-corrected chi connectivity index (χ3v) is 4.05. The fourth-order valence-electron chi connectivity index (χ4n) is 2.74. The van der Waals surface area contributed by atoms with E-state index in [0.29, 0.717) is 28.2 Å². The summed E-state index contributed by atoms with van der Waals surface area (Å²) in [4.78, 5) is 24.6. The Kier molecular flexibility index (Phi) is 4.08. The summed E-state index contributed by atoms with van der Waals surface area (Å²) in [5.74, 6) is -0.436. The van der Waals surface area contributed by atoms with Gasteiger partial charge in [-0.2, -0.15) is 0 Å². The lowest BCUT2D eigenvalue weighted by Gasteiger charge is -2.05. The minimum atomic E-state index is -0.556. The van der Waals surface area contributed by atoms with Crippen molar-refractivity contribution in [3.05, 3.63) is 81.8 Å². The lowest BCUT2D eigenvalue weighted by atomic mass is 10.1. The lowest BCUT2D eigenvalue weighted by molar-refractivity contribution is 0.102. The summed E-state index contributed by atoms with van der Waals surface area (Å²) in [6.07, 6.45) is 0. The van der Waals surface area contributed by atoms with E-state index >= 15 is 0 Å². The van der Waals surface area contributed by atoms with Crippen LogP contribution in [-0.4, -0.2) is 15.6 Å². The quantitative estimate of drug-likeness (QED) is 0.597. The van der Waals surface area contributed by atoms with Crippen molar-refractivity contribution in [3.63, 3.8) is 0 Å². The summed E-state index contributed by atoms with van der Waals surface area (Å²) >= 11 is 0. The molecule has 7 nitrogen and oxygen atoms in total. The Morgan fingerprint density at radius 2 is 1.96 bits per heavy atom. The normalized spacial score (nSPS) is 11.0. The fourth-order valence-corrected chi connectivity index (χ4v) is 2.74. The van der Waals surface area contributed by atoms with Crippen molar-refractivity contribution in [2.75, 3.05) is 5.32 Å². The standard InChI is InChI=1S/C19H14FN3O4/c1-11-8-17(22-27-11)21-18(24)13-4-7-16-15(9-13)23(19(25)26-16)10-12-2-5-14(20)6-3-12/h2-9H,10H2,1H3,(H,21,22,24). The van der Waals surface area contributed by atoms with Crippen LogP contribution in [0.5, 0.6) is 0 Å². The summed E-state index contributed by atoms with van der Waals surface area (Å²) in [7, 11) is 0. The smallest absolute Gasteiger partial charge is 0.408 e. The number of benzene rings is 2. The predicted octanol–water partition coefficient (Wildman–Crippen LogP) is 3.33. The maximum atomic E-state index is 13.1. The molecule has 0 fully saturated rings. The Morgan fingerprint density at radius 1 is 1.19 bits per heavy atom. The topological polar surface area (TPSA) is 90.3 Å². The van der Waals surface area contributed by atoms with Gasteiger partial charge in [0.25, 0.3) is 5.91 Å². The van der Waals surface area contributed by atoms with Crippen molar-refractivity contribution in [1.29, 1.82) is 0 Å². The van der Waals surface area contributed by atoms with E-state index in [1.807, 2.05) is 0 Å². The van der Waals surface area contributed by atoms with Crippen LogP contribution in [0.1, 0.15) is 21.7 Å². The Morgan fingerprint density at radius 3 is 2.67 bits per heavy atom. The van der Waals surface area contributed by atoms with Crippen molar-refractivity contribution in [3.8, 4) is 0 Å². The second-order valence-corrected chi connectivity index (χ2v) is 6.04. The second-order valence-electron chi connectivity index (χ2n) is 6.04. The summed E-state index contributed by atoms with van der Waals surface area (Å²) in [6.45, 7) is 1.91. The molecule has 0 saturated heterocycles. The number of rotatable bonds is 4. The van der Waals surface area contributed by atoms with Gasteiger partial charge < -0.3 is 14.3 Å². The zero-order valence-corrected chi connectivity index (χ0v) is 14.2. The molecule has 2 heterocycles. The van der Waals surface area contributed by atoms with Gasteiger partial charge in [-0.1, -0.05) is 17.3 Å². The number of nitrogens with one attached hydrogen (secondary N) is 1. The van der Waals surface area contributed by atoms with Crippen LogP contribution in [0.25, 0.3) is 11.1 Å². The predicted molar refractivity (Wildman–Crippen MR) is 95.2 cm³/mol. The first kappa shape index (κ1) is 16.8. The van der Waals surface area contributed by atoms with Crippen molar-refractivity contribution >= 4 is 22.8 Å². The SMILES string of the molecule is Cc1cc(NC(=O)c2ccc3oc(=O)n(Cc4ccc(F)cc4)c3c2)no1. The van der Waals surface area contributed by atoms with Gasteiger partial charge in [0.15, 0.2) is 11.4 Å². The molecule has 0 aliphatic heterocycles. The zero-order valence-electron chi connectivity index (χ0n) is 14.2. The van der Waals surface area contributed by atoms with Crippen LogP contribution >= 0.6 is 0 Å². The van der Waals surface area contributed by atoms with E-state index in [1.165, 1.54) is 16.7 Å². The Labute approximate surface area is 152 Å². The second kappa shape index (κ2) is 6.56. The molecule has 0 unspecified atom stereocenters. The first-order valence-corrected chi connectivity index (χ1v) is 8.12. The van der Waals surface area contributed by atoms with Gasteiger partial charge in [0.05, 0.1) is 12.1 Å². The summed E-state index contributed by atoms with van der Waals surface area (Å²) in [5.41, 5.74) is 1.88. The van der Waals surface area contributed by atoms with E-state index in [2.05, 4.69) is 10.5 Å². The first-order valence-electron chi connectivity index (χ1n) is 8.12. The largest absolute Gasteiger partial charge is 0.420 e. The number of fused-ring (bicyclic) bond motifs is 1. The van der Waals surface area contributed by atoms with Crippen molar-refractivity contribution in [2.45, 2.75) is 13.5 Å². The van der Waals surface area contributed by atoms with Crippen molar-refractivity contribution in [1.82, 2.24) is 9.72 Å². The zero-order chi connectivity index (χ0) is 19.0. The minimum Gasteiger partial charge on any atom is -0.408 e. The molecule has 0 aliphatic rings. The molecule has 0 spiro atoms. The summed E-state index contributed by atoms with van der Waals surface area (Å²) < 4.78 is 24.6. The number of hydrogen-bond acceptors (Lipinski definition) is 5. The number of halogens is 1. The average molecular weight is 367 g/mol. The number of carbonyl (C=O) groups is 1. The molecule has 4 aromatic rings. The van der Waals surface area contributed by atoms with E-state index < -0.39 is 11.7 Å². The third-order valence-electron chi connectivity index (χ3n) is 4.05. The van der Waals surface area contributed by atoms with Crippen LogP contribution in [0.15, 0.2) is 62.3 Å². The molecular formula is C19H14FN3O4. The number of anilines is 1. The molecule has 27 heavy (non-hydrogen) atoms. The Bertz CT molecular complexity index is 1190. The van der Waals surface area contributed by atoms with Crippen LogP contribution in [-0.2, 0) is 6.54 Å². The van der Waals surface area contributed by atoms with Gasteiger partial charge in [-0.15, -0.1) is 0 Å². The van der Waals surface area contributed by atoms with Gasteiger partial charge in [0, 0.05) is 11.6 Å². The average Bonchev–Trinajstić information content (AvgIpc) is 3.19. The van der Waals surface area contributed by atoms with Crippen LogP contribution < -0.4 is 11.1 Å². The molecule has 0 saturated carbocycles. The van der Waals surface area contributed by atoms with Crippen molar-refractivity contribution < 1.29 is 18.1 Å². The molecule has 8 heteroatoms. The van der Waals surface area contributed by atoms with Gasteiger partial charge in [-0.25, -0.2) is 9.18 Å². The van der Waals surface area contributed by atoms with Gasteiger partial charge in [0.1, 0.15) is 11.6 Å². The molecule has 136 valence electrons. The van der Waals surface area contributed by atoms with Crippen molar-refractivity contribution in [2.24, 2.45) is 0 Å². The molecule has 2 aromatic carbocycles. The maximum Gasteiger partial charge on any atom is 0.420 e. The van der Waals surface area contributed by atoms with Gasteiger partial charge in [-0.3, -0.25) is 9.36 Å². The van der Waals surface area contributed by atoms with E-state index in [0.717, 1.165) is 5.56 Å². The van der Waals surface area contributed by atoms with E-state index in [1.54, 1.807) is 43.3 Å². The monoisotopic (exact) mass is 367 g/mol. The molecule has 0 aliphatic carbocycles. The minimum absolute atomic E-state index is 0.194. The van der Waals surface area contributed by atoms with Crippen LogP contribution in [0.2, 0.25) is 0 Å². The molecule has 4 rings (SSSR count). The highest BCUT2D eigenvalue weighted by Gasteiger charge is 2.14. The summed E-state index contributed by atoms with van der Waals surface area (Å²) in [6, 6.07) is 12.1. The van der Waals surface area contributed by atoms with E-state index in [-0.39, 0.29) is 12.4 Å². The number of oxazole rings is 1. The van der Waals surface area contributed by atoms with Crippen LogP contribution in [0.3, 0.4) is 0 Å². The van der Waals surface area contributed by atoms with Gasteiger partial charge >= 0.3 is 5.76 Å². The van der Waals surface area contributed by atoms with E-state index in [4.69, 9.17) is 8.94 Å². The molecule has 2 aromatic heterocycles. The highest BCUT2D eigenvalue weighted by molar-refractivity contribution is 6.05. The Hall–Kier alpha value is -3.68. The molecule has 1 amide bonds. The Balaban J connectivity index is 1.67. The fraction of sp³-hybridized carbons (Fsp3) is 0.105. The number of hydrogen-bond donors (Lipinski definition) is 1. The highest BCUT2D eigenvalue weighted by Crippen LogP contribution is 2.18. The third kappa shape index (κ3) is 3.37. The number of aromatic nitrogens is 2. The molecule has 1 N–H and O–H groups in total. The maximum absolute atomic E-state index is 13.1. The number of carbonyl (C=O) groups excluding carboxylic acids is 1. The van der Waals surface area contributed by atoms with Crippen LogP contribution in [0.4, 0.5) is 10.2 Å². The molecule has 0 bridgehead atoms. The van der Waals surface area contributed by atoms with Crippen LogP contribution in [0, 0.1) is 12.7 Å². The number of amides is 1. The lowest BCUT2D eigenvalue weighted by Crippen LogP contribution is -2.15. The van der Waals surface area contributed by atoms with E-state index in [9.17, 15) is 14.0 Å². The molecular weight excluding hydrogens is 353 g/mol. The number of aryl methyl sites for hydroxylation is 1. The van der Waals surface area contributed by atoms with Gasteiger partial charge in [0.2, 0.25) is 0 Å². The first-order chi connectivity index (χ1) is 13.0. The summed E-state index contributed by atoms with van der Waals surface area (Å²) in [5, 5.41) is 6.34. The highest BCUT2D eigenvalue weighted by atomic mass is 19.1. The number of nitrogens with zero attached hydrogens (tertiary/aromatic N) is 2.